The molecule has 0 aromatic rings. The van der Waals surface area contributed by atoms with Crippen LogP contribution in [0.3, 0.4) is 0 Å². The van der Waals surface area contributed by atoms with Gasteiger partial charge in [-0.1, -0.05) is 0 Å². The summed E-state index contributed by atoms with van der Waals surface area (Å²) in [6, 6.07) is 0. The van der Waals surface area contributed by atoms with Crippen LogP contribution in [-0.2, 0) is 0 Å². The minimum absolute atomic E-state index is 0.884. The Balaban J connectivity index is 1.65. The number of rotatable bonds is 3. The van der Waals surface area contributed by atoms with Crippen molar-refractivity contribution in [2.45, 2.75) is 25.7 Å². The Morgan fingerprint density at radius 3 is 2.33 bits per heavy atom. The maximum absolute atomic E-state index is 2.35. The van der Waals surface area contributed by atoms with E-state index in [-0.39, 0.29) is 0 Å². The van der Waals surface area contributed by atoms with Crippen LogP contribution in [0.2, 0.25) is 0 Å². The Morgan fingerprint density at radius 2 is 1.92 bits per heavy atom. The van der Waals surface area contributed by atoms with Crippen LogP contribution in [0.5, 0.6) is 0 Å². The van der Waals surface area contributed by atoms with E-state index in [1.807, 2.05) is 0 Å². The molecule has 0 aromatic carbocycles. The molecule has 1 nitrogen and oxygen atoms in total. The zero-order valence-corrected chi connectivity index (χ0v) is 8.21. The first-order chi connectivity index (χ1) is 5.72. The number of hydrogen-bond donors (Lipinski definition) is 0. The SMILES string of the molecule is CN(C)CCC12CC3CC1C2C3. The molecule has 2 unspecified atom stereocenters. The monoisotopic (exact) mass is 165 g/mol. The van der Waals surface area contributed by atoms with Crippen LogP contribution in [0.1, 0.15) is 25.7 Å². The molecule has 4 aliphatic rings. The Hall–Kier alpha value is -0.0400. The van der Waals surface area contributed by atoms with Gasteiger partial charge >= 0.3 is 0 Å². The van der Waals surface area contributed by atoms with Gasteiger partial charge in [0.1, 0.15) is 0 Å². The summed E-state index contributed by atoms with van der Waals surface area (Å²) in [5.41, 5.74) is 0.884. The Morgan fingerprint density at radius 1 is 1.25 bits per heavy atom. The molecule has 0 saturated heterocycles. The Kier molecular flexibility index (Phi) is 1.27. The zero-order chi connectivity index (χ0) is 8.34. The molecule has 12 heavy (non-hydrogen) atoms. The van der Waals surface area contributed by atoms with Crippen molar-refractivity contribution in [3.8, 4) is 0 Å². The van der Waals surface area contributed by atoms with Gasteiger partial charge in [0.2, 0.25) is 0 Å². The summed E-state index contributed by atoms with van der Waals surface area (Å²) in [5, 5.41) is 0. The molecule has 4 aliphatic carbocycles. The molecule has 68 valence electrons. The number of nitrogens with zero attached hydrogens (tertiary/aromatic N) is 1. The average molecular weight is 165 g/mol. The van der Waals surface area contributed by atoms with Gasteiger partial charge in [-0.25, -0.2) is 0 Å². The molecular formula is C11H19N. The van der Waals surface area contributed by atoms with Crippen LogP contribution in [-0.4, -0.2) is 25.5 Å². The van der Waals surface area contributed by atoms with E-state index in [0.29, 0.717) is 0 Å². The summed E-state index contributed by atoms with van der Waals surface area (Å²) < 4.78 is 0. The second kappa shape index (κ2) is 2.06. The summed E-state index contributed by atoms with van der Waals surface area (Å²) in [5.74, 6) is 3.52. The third-order valence-corrected chi connectivity index (χ3v) is 4.72. The molecule has 4 rings (SSSR count). The Bertz CT molecular complexity index is 197. The molecule has 1 heteroatoms. The summed E-state index contributed by atoms with van der Waals surface area (Å²) in [4.78, 5) is 2.35. The third kappa shape index (κ3) is 0.736. The van der Waals surface area contributed by atoms with E-state index in [0.717, 1.165) is 11.3 Å². The molecule has 0 amide bonds. The molecule has 4 saturated carbocycles. The van der Waals surface area contributed by atoms with Gasteiger partial charge in [-0.15, -0.1) is 0 Å². The van der Waals surface area contributed by atoms with Crippen LogP contribution in [0.25, 0.3) is 0 Å². The smallest absolute Gasteiger partial charge is 0.00193 e. The van der Waals surface area contributed by atoms with E-state index in [4.69, 9.17) is 0 Å². The molecular weight excluding hydrogens is 146 g/mol. The molecule has 2 atom stereocenters. The fourth-order valence-electron chi connectivity index (χ4n) is 4.19. The van der Waals surface area contributed by atoms with Gasteiger partial charge in [-0.3, -0.25) is 0 Å². The lowest BCUT2D eigenvalue weighted by Gasteiger charge is -2.15. The average Bonchev–Trinajstić information content (AvgIpc) is 2.52. The van der Waals surface area contributed by atoms with Crippen LogP contribution in [0.15, 0.2) is 0 Å². The molecule has 0 aliphatic heterocycles. The van der Waals surface area contributed by atoms with Crippen LogP contribution >= 0.6 is 0 Å². The van der Waals surface area contributed by atoms with Crippen molar-refractivity contribution in [1.29, 1.82) is 0 Å². The fourth-order valence-corrected chi connectivity index (χ4v) is 4.19. The van der Waals surface area contributed by atoms with E-state index in [1.54, 1.807) is 19.3 Å². The predicted molar refractivity (Wildman–Crippen MR) is 49.9 cm³/mol. The summed E-state index contributed by atoms with van der Waals surface area (Å²) >= 11 is 0. The minimum atomic E-state index is 0.884. The van der Waals surface area contributed by atoms with Crippen molar-refractivity contribution < 1.29 is 0 Å². The summed E-state index contributed by atoms with van der Waals surface area (Å²) in [7, 11) is 4.40. The lowest BCUT2D eigenvalue weighted by atomic mass is 9.99. The second-order valence-corrected chi connectivity index (χ2v) is 5.54. The van der Waals surface area contributed by atoms with Crippen LogP contribution in [0.4, 0.5) is 0 Å². The van der Waals surface area contributed by atoms with E-state index >= 15 is 0 Å². The highest BCUT2D eigenvalue weighted by Crippen LogP contribution is 2.80. The van der Waals surface area contributed by atoms with Crippen LogP contribution in [0, 0.1) is 23.2 Å². The normalized spacial score (nSPS) is 53.8. The number of hydrogen-bond acceptors (Lipinski definition) is 1. The van der Waals surface area contributed by atoms with E-state index in [9.17, 15) is 0 Å². The van der Waals surface area contributed by atoms with E-state index in [2.05, 4.69) is 19.0 Å². The fraction of sp³-hybridized carbons (Fsp3) is 1.00. The van der Waals surface area contributed by atoms with Gasteiger partial charge < -0.3 is 4.90 Å². The quantitative estimate of drug-likeness (QED) is 0.618. The molecule has 4 bridgehead atoms. The summed E-state index contributed by atoms with van der Waals surface area (Å²) in [6.45, 7) is 1.32. The standard InChI is InChI=1S/C11H19N/c1-12(2)4-3-11-7-8-5-9(11)10(11)6-8/h8-10H,3-7H2,1-2H3. The van der Waals surface area contributed by atoms with Crippen molar-refractivity contribution >= 4 is 0 Å². The van der Waals surface area contributed by atoms with Gasteiger partial charge in [-0.2, -0.15) is 0 Å². The second-order valence-electron chi connectivity index (χ2n) is 5.54. The van der Waals surface area contributed by atoms with Gasteiger partial charge in [0.15, 0.2) is 0 Å². The van der Waals surface area contributed by atoms with Crippen molar-refractivity contribution in [2.24, 2.45) is 23.2 Å². The van der Waals surface area contributed by atoms with Crippen molar-refractivity contribution in [3.63, 3.8) is 0 Å². The van der Waals surface area contributed by atoms with Crippen molar-refractivity contribution in [2.75, 3.05) is 20.6 Å². The van der Waals surface area contributed by atoms with Gasteiger partial charge in [0, 0.05) is 0 Å². The minimum Gasteiger partial charge on any atom is -0.309 e. The largest absolute Gasteiger partial charge is 0.309 e. The Labute approximate surface area is 75.1 Å². The van der Waals surface area contributed by atoms with E-state index in [1.165, 1.54) is 24.8 Å². The lowest BCUT2D eigenvalue weighted by Crippen LogP contribution is -2.17. The lowest BCUT2D eigenvalue weighted by molar-refractivity contribution is 0.327. The maximum atomic E-state index is 2.35. The first-order valence-electron chi connectivity index (χ1n) is 5.37. The highest BCUT2D eigenvalue weighted by molar-refractivity contribution is 5.22. The topological polar surface area (TPSA) is 3.24 Å². The highest BCUT2D eigenvalue weighted by Gasteiger charge is 2.73. The molecule has 0 spiro atoms. The maximum Gasteiger partial charge on any atom is -0.00193 e. The van der Waals surface area contributed by atoms with Crippen molar-refractivity contribution in [3.05, 3.63) is 0 Å². The first kappa shape index (κ1) is 7.37. The first-order valence-corrected chi connectivity index (χ1v) is 5.37. The summed E-state index contributed by atoms with van der Waals surface area (Å²) in [6.07, 6.45) is 6.28. The zero-order valence-electron chi connectivity index (χ0n) is 8.21. The predicted octanol–water partition coefficient (Wildman–Crippen LogP) is 1.98. The molecule has 4 fully saturated rings. The van der Waals surface area contributed by atoms with Crippen molar-refractivity contribution in [1.82, 2.24) is 4.90 Å². The van der Waals surface area contributed by atoms with Gasteiger partial charge in [-0.05, 0) is 69.5 Å². The molecule has 0 radical (unpaired) electrons. The van der Waals surface area contributed by atoms with Gasteiger partial charge in [0.05, 0.1) is 0 Å². The van der Waals surface area contributed by atoms with E-state index < -0.39 is 0 Å². The molecule has 0 heterocycles. The third-order valence-electron chi connectivity index (χ3n) is 4.72. The van der Waals surface area contributed by atoms with Crippen LogP contribution < -0.4 is 0 Å². The molecule has 0 N–H and O–H groups in total. The highest BCUT2D eigenvalue weighted by atomic mass is 15.1. The molecule has 0 aromatic heterocycles. The van der Waals surface area contributed by atoms with Gasteiger partial charge in [0.25, 0.3) is 0 Å².